The van der Waals surface area contributed by atoms with Crippen LogP contribution in [0.3, 0.4) is 0 Å². The molecule has 2 aromatic heterocycles. The first-order valence-corrected chi connectivity index (χ1v) is 21.3. The maximum Gasteiger partial charge on any atom is 0.238 e. The van der Waals surface area contributed by atoms with E-state index in [2.05, 4.69) is 206 Å². The first-order valence-electron chi connectivity index (χ1n) is 21.3. The monoisotopic (exact) mass is 792 g/mol. The predicted octanol–water partition coefficient (Wildman–Crippen LogP) is 14.8. The van der Waals surface area contributed by atoms with Crippen LogP contribution in [-0.4, -0.2) is 19.5 Å². The van der Waals surface area contributed by atoms with Crippen LogP contribution in [0.4, 0.5) is 0 Å². The average Bonchev–Trinajstić information content (AvgIpc) is 3.79. The van der Waals surface area contributed by atoms with E-state index in [9.17, 15) is 0 Å². The molecule has 0 N–H and O–H groups in total. The highest BCUT2D eigenvalue weighted by atomic mass is 15.2. The molecular formula is C58H40N4. The zero-order valence-corrected chi connectivity index (χ0v) is 34.4. The fourth-order valence-corrected chi connectivity index (χ4v) is 9.83. The lowest BCUT2D eigenvalue weighted by Gasteiger charge is -2.22. The molecule has 0 aliphatic heterocycles. The molecule has 11 aromatic rings. The van der Waals surface area contributed by atoms with Gasteiger partial charge in [-0.2, -0.15) is 9.97 Å². The topological polar surface area (TPSA) is 43.6 Å². The Morgan fingerprint density at radius 2 is 0.919 bits per heavy atom. The van der Waals surface area contributed by atoms with Gasteiger partial charge in [0, 0.05) is 27.3 Å². The quantitative estimate of drug-likeness (QED) is 0.168. The molecule has 9 aromatic carbocycles. The third-order valence-electron chi connectivity index (χ3n) is 12.9. The van der Waals surface area contributed by atoms with E-state index in [-0.39, 0.29) is 5.41 Å². The van der Waals surface area contributed by atoms with E-state index >= 15 is 0 Å². The molecule has 0 bridgehead atoms. The molecule has 4 nitrogen and oxygen atoms in total. The van der Waals surface area contributed by atoms with Crippen molar-refractivity contribution >= 4 is 32.6 Å². The van der Waals surface area contributed by atoms with Crippen molar-refractivity contribution < 1.29 is 0 Å². The Hall–Kier alpha value is -7.95. The van der Waals surface area contributed by atoms with Crippen LogP contribution >= 0.6 is 0 Å². The number of hydrogen-bond acceptors (Lipinski definition) is 3. The van der Waals surface area contributed by atoms with Crippen molar-refractivity contribution in [3.63, 3.8) is 0 Å². The third kappa shape index (κ3) is 5.72. The Morgan fingerprint density at radius 1 is 0.355 bits per heavy atom. The van der Waals surface area contributed by atoms with Gasteiger partial charge < -0.3 is 0 Å². The smallest absolute Gasteiger partial charge is 0.238 e. The zero-order valence-electron chi connectivity index (χ0n) is 34.4. The van der Waals surface area contributed by atoms with Crippen LogP contribution in [0.5, 0.6) is 0 Å². The molecule has 1 aliphatic rings. The van der Waals surface area contributed by atoms with Gasteiger partial charge in [0.1, 0.15) is 0 Å². The van der Waals surface area contributed by atoms with Crippen molar-refractivity contribution in [2.45, 2.75) is 19.3 Å². The van der Waals surface area contributed by atoms with Crippen molar-refractivity contribution in [1.82, 2.24) is 19.5 Å². The van der Waals surface area contributed by atoms with Crippen molar-refractivity contribution in [3.05, 3.63) is 217 Å². The van der Waals surface area contributed by atoms with Gasteiger partial charge in [0.05, 0.1) is 11.0 Å². The number of nitrogens with zero attached hydrogens (tertiary/aromatic N) is 4. The molecule has 0 radical (unpaired) electrons. The summed E-state index contributed by atoms with van der Waals surface area (Å²) in [6.07, 6.45) is 0. The lowest BCUT2D eigenvalue weighted by atomic mass is 9.81. The minimum Gasteiger partial charge on any atom is -0.278 e. The average molecular weight is 793 g/mol. The maximum absolute atomic E-state index is 5.33. The first-order chi connectivity index (χ1) is 30.5. The van der Waals surface area contributed by atoms with Crippen LogP contribution in [0.25, 0.3) is 106 Å². The highest BCUT2D eigenvalue weighted by Crippen LogP contribution is 2.50. The molecule has 292 valence electrons. The summed E-state index contributed by atoms with van der Waals surface area (Å²) >= 11 is 0. The van der Waals surface area contributed by atoms with Gasteiger partial charge in [-0.3, -0.25) is 4.57 Å². The Bertz CT molecular complexity index is 3540. The van der Waals surface area contributed by atoms with Crippen LogP contribution in [0.15, 0.2) is 206 Å². The molecule has 0 atom stereocenters. The van der Waals surface area contributed by atoms with E-state index in [0.29, 0.717) is 17.6 Å². The van der Waals surface area contributed by atoms with Crippen molar-refractivity contribution in [3.8, 4) is 73.2 Å². The number of aromatic nitrogens is 4. The molecule has 0 amide bonds. The van der Waals surface area contributed by atoms with E-state index in [1.54, 1.807) is 0 Å². The number of benzene rings is 9. The second-order valence-corrected chi connectivity index (χ2v) is 16.8. The predicted molar refractivity (Wildman–Crippen MR) is 256 cm³/mol. The van der Waals surface area contributed by atoms with E-state index in [0.717, 1.165) is 44.1 Å². The normalized spacial score (nSPS) is 12.8. The lowest BCUT2D eigenvalue weighted by Crippen LogP contribution is -2.14. The van der Waals surface area contributed by atoms with E-state index in [4.69, 9.17) is 15.0 Å². The first kappa shape index (κ1) is 35.9. The third-order valence-corrected chi connectivity index (χ3v) is 12.9. The van der Waals surface area contributed by atoms with Gasteiger partial charge in [-0.1, -0.05) is 190 Å². The largest absolute Gasteiger partial charge is 0.278 e. The van der Waals surface area contributed by atoms with Crippen molar-refractivity contribution in [2.75, 3.05) is 0 Å². The summed E-state index contributed by atoms with van der Waals surface area (Å²) in [5, 5.41) is 4.71. The standard InChI is InChI=1S/C58H40N4/c1-58(2)50-28-11-9-24-46(50)47-32-30-41(36-51(47)58)40-31-33-53-49(35-40)48-25-10-12-29-52(48)62(53)57-60-55(39-18-7-4-8-19-39)59-56(61-57)43-23-13-22-42(34-43)45-27-15-21-38-20-14-26-44(54(38)45)37-16-5-3-6-17-37/h3-36H,1-2H3. The van der Waals surface area contributed by atoms with Crippen molar-refractivity contribution in [2.24, 2.45) is 0 Å². The minimum atomic E-state index is -0.0750. The SMILES string of the molecule is CC1(C)c2ccccc2-c2ccc(-c3ccc4c(c3)c3ccccc3n4-c3nc(-c4ccccc4)nc(-c4cccc(-c5cccc6cccc(-c7ccccc7)c56)c4)n3)cc21. The summed E-state index contributed by atoms with van der Waals surface area (Å²) in [5.41, 5.74) is 16.3. The Labute approximate surface area is 360 Å². The molecular weight excluding hydrogens is 753 g/mol. The lowest BCUT2D eigenvalue weighted by molar-refractivity contribution is 0.660. The van der Waals surface area contributed by atoms with Gasteiger partial charge in [-0.15, -0.1) is 0 Å². The summed E-state index contributed by atoms with van der Waals surface area (Å²) in [6.45, 7) is 4.68. The number of para-hydroxylation sites is 1. The Balaban J connectivity index is 1.02. The molecule has 0 fully saturated rings. The molecule has 0 spiro atoms. The number of hydrogen-bond donors (Lipinski definition) is 0. The molecule has 0 unspecified atom stereocenters. The van der Waals surface area contributed by atoms with Crippen LogP contribution < -0.4 is 0 Å². The van der Waals surface area contributed by atoms with Crippen LogP contribution in [-0.2, 0) is 5.41 Å². The molecule has 0 saturated carbocycles. The minimum absolute atomic E-state index is 0.0750. The zero-order chi connectivity index (χ0) is 41.4. The van der Waals surface area contributed by atoms with E-state index < -0.39 is 0 Å². The number of rotatable bonds is 6. The Morgan fingerprint density at radius 3 is 1.73 bits per heavy atom. The summed E-state index contributed by atoms with van der Waals surface area (Å²) in [6, 6.07) is 73.8. The fourth-order valence-electron chi connectivity index (χ4n) is 9.83. The van der Waals surface area contributed by atoms with Crippen LogP contribution in [0.2, 0.25) is 0 Å². The van der Waals surface area contributed by atoms with Gasteiger partial charge in [0.15, 0.2) is 11.6 Å². The summed E-state index contributed by atoms with van der Waals surface area (Å²) in [7, 11) is 0. The van der Waals surface area contributed by atoms with Gasteiger partial charge in [0.25, 0.3) is 0 Å². The summed E-state index contributed by atoms with van der Waals surface area (Å²) in [4.78, 5) is 15.7. The molecule has 62 heavy (non-hydrogen) atoms. The second-order valence-electron chi connectivity index (χ2n) is 16.8. The molecule has 2 heterocycles. The van der Waals surface area contributed by atoms with Crippen LogP contribution in [0.1, 0.15) is 25.0 Å². The molecule has 12 rings (SSSR count). The highest BCUT2D eigenvalue weighted by Gasteiger charge is 2.35. The van der Waals surface area contributed by atoms with Gasteiger partial charge in [-0.05, 0) is 96.7 Å². The van der Waals surface area contributed by atoms with E-state index in [1.807, 2.05) is 18.2 Å². The molecule has 1 aliphatic carbocycles. The maximum atomic E-state index is 5.33. The summed E-state index contributed by atoms with van der Waals surface area (Å²) < 4.78 is 2.20. The highest BCUT2D eigenvalue weighted by molar-refractivity contribution is 6.10. The fraction of sp³-hybridized carbons (Fsp3) is 0.0517. The summed E-state index contributed by atoms with van der Waals surface area (Å²) in [5.74, 6) is 1.81. The Kier molecular flexibility index (Phi) is 8.16. The number of fused-ring (bicyclic) bond motifs is 7. The van der Waals surface area contributed by atoms with Gasteiger partial charge in [-0.25, -0.2) is 4.98 Å². The van der Waals surface area contributed by atoms with Gasteiger partial charge in [0.2, 0.25) is 5.95 Å². The molecule has 0 saturated heterocycles. The van der Waals surface area contributed by atoms with E-state index in [1.165, 1.54) is 55.3 Å². The van der Waals surface area contributed by atoms with Gasteiger partial charge >= 0.3 is 0 Å². The van der Waals surface area contributed by atoms with Crippen molar-refractivity contribution in [1.29, 1.82) is 0 Å². The van der Waals surface area contributed by atoms with Crippen LogP contribution in [0, 0.1) is 0 Å². The molecule has 4 heteroatoms. The second kappa shape index (κ2) is 14.1.